The van der Waals surface area contributed by atoms with Gasteiger partial charge < -0.3 is 9.55 Å². The summed E-state index contributed by atoms with van der Waals surface area (Å²) in [6.07, 6.45) is 1.18. The van der Waals surface area contributed by atoms with Crippen LogP contribution in [0.1, 0.15) is 12.2 Å². The molecule has 0 aromatic carbocycles. The Morgan fingerprint density at radius 1 is 1.70 bits per heavy atom. The standard InChI is InChI=1S/C5H5F2N2.Y/c1-9-3-2-8-5(9)4(6)7;/h3-4H,1H3;/q-1;. The van der Waals surface area contributed by atoms with E-state index in [0.717, 1.165) is 0 Å². The van der Waals surface area contributed by atoms with Gasteiger partial charge in [0.1, 0.15) is 0 Å². The molecule has 0 atom stereocenters. The number of rotatable bonds is 1. The fourth-order valence-corrected chi connectivity index (χ4v) is 0.529. The van der Waals surface area contributed by atoms with Crippen LogP contribution < -0.4 is 0 Å². The normalized spacial score (nSPS) is 9.60. The van der Waals surface area contributed by atoms with Crippen LogP contribution in [0.15, 0.2) is 6.20 Å². The minimum atomic E-state index is -2.50. The van der Waals surface area contributed by atoms with Crippen LogP contribution in [0.4, 0.5) is 8.78 Å². The van der Waals surface area contributed by atoms with E-state index in [0.29, 0.717) is 0 Å². The molecule has 0 saturated heterocycles. The Hall–Kier alpha value is 0.174. The van der Waals surface area contributed by atoms with Gasteiger partial charge in [-0.2, -0.15) is 0 Å². The van der Waals surface area contributed by atoms with E-state index in [9.17, 15) is 8.78 Å². The van der Waals surface area contributed by atoms with Crippen molar-refractivity contribution < 1.29 is 41.5 Å². The number of imidazole rings is 1. The van der Waals surface area contributed by atoms with Gasteiger partial charge in [0.05, 0.1) is 0 Å². The van der Waals surface area contributed by atoms with E-state index in [1.807, 2.05) is 0 Å². The quantitative estimate of drug-likeness (QED) is 0.649. The molecule has 0 fully saturated rings. The molecule has 0 saturated carbocycles. The van der Waals surface area contributed by atoms with Gasteiger partial charge in [0.15, 0.2) is 0 Å². The van der Waals surface area contributed by atoms with Crippen molar-refractivity contribution in [1.82, 2.24) is 9.55 Å². The van der Waals surface area contributed by atoms with Crippen molar-refractivity contribution in [2.45, 2.75) is 6.43 Å². The monoisotopic (exact) mass is 220 g/mol. The van der Waals surface area contributed by atoms with Gasteiger partial charge in [0.25, 0.3) is 0 Å². The molecule has 53 valence electrons. The third-order valence-corrected chi connectivity index (χ3v) is 0.987. The molecule has 0 unspecified atom stereocenters. The van der Waals surface area contributed by atoms with Gasteiger partial charge in [-0.1, -0.05) is 6.20 Å². The van der Waals surface area contributed by atoms with Crippen LogP contribution in [0.2, 0.25) is 0 Å². The SMILES string of the molecule is Cn1c[c-]nc1C(F)F.[Y]. The van der Waals surface area contributed by atoms with Crippen molar-refractivity contribution in [1.29, 1.82) is 0 Å². The van der Waals surface area contributed by atoms with Gasteiger partial charge in [-0.3, -0.25) is 0 Å². The maximum atomic E-state index is 11.8. The summed E-state index contributed by atoms with van der Waals surface area (Å²) in [6, 6.07) is 0. The zero-order valence-electron chi connectivity index (χ0n) is 5.38. The fraction of sp³-hybridized carbons (Fsp3) is 0.400. The third kappa shape index (κ3) is 2.09. The Labute approximate surface area is 82.5 Å². The van der Waals surface area contributed by atoms with Crippen molar-refractivity contribution in [2.75, 3.05) is 0 Å². The number of halogens is 2. The van der Waals surface area contributed by atoms with Crippen LogP contribution in [0.5, 0.6) is 0 Å². The van der Waals surface area contributed by atoms with E-state index in [1.165, 1.54) is 17.8 Å². The number of hydrogen-bond acceptors (Lipinski definition) is 1. The molecule has 0 bridgehead atoms. The molecule has 1 heterocycles. The molecular weight excluding hydrogens is 215 g/mol. The molecule has 0 amide bonds. The number of aromatic nitrogens is 2. The van der Waals surface area contributed by atoms with Gasteiger partial charge in [-0.15, -0.1) is 6.20 Å². The van der Waals surface area contributed by atoms with Crippen LogP contribution in [0.25, 0.3) is 0 Å². The van der Waals surface area contributed by atoms with E-state index < -0.39 is 6.43 Å². The molecule has 1 aromatic rings. The van der Waals surface area contributed by atoms with Crippen molar-refractivity contribution in [3.63, 3.8) is 0 Å². The topological polar surface area (TPSA) is 17.8 Å². The minimum Gasteiger partial charge on any atom is -0.435 e. The Morgan fingerprint density at radius 2 is 2.30 bits per heavy atom. The molecule has 10 heavy (non-hydrogen) atoms. The second kappa shape index (κ2) is 4.14. The smallest absolute Gasteiger partial charge is 0.232 e. The molecule has 0 aliphatic carbocycles. The molecule has 5 heteroatoms. The summed E-state index contributed by atoms with van der Waals surface area (Å²) in [5.74, 6) is -0.241. The Kier molecular flexibility index (Phi) is 4.21. The Bertz CT molecular complexity index is 199. The van der Waals surface area contributed by atoms with Crippen molar-refractivity contribution >= 4 is 0 Å². The van der Waals surface area contributed by atoms with E-state index in [2.05, 4.69) is 11.2 Å². The van der Waals surface area contributed by atoms with Crippen LogP contribution in [0.3, 0.4) is 0 Å². The molecule has 0 aliphatic rings. The largest absolute Gasteiger partial charge is 0.435 e. The van der Waals surface area contributed by atoms with Gasteiger partial charge in [0.2, 0.25) is 6.43 Å². The fourth-order valence-electron chi connectivity index (χ4n) is 0.529. The second-order valence-electron chi connectivity index (χ2n) is 1.64. The van der Waals surface area contributed by atoms with Crippen LogP contribution in [-0.2, 0) is 39.8 Å². The maximum Gasteiger partial charge on any atom is 0.232 e. The summed E-state index contributed by atoms with van der Waals surface area (Å²) in [5, 5.41) is 0. The summed E-state index contributed by atoms with van der Waals surface area (Å²) < 4.78 is 24.8. The molecule has 0 aliphatic heterocycles. The molecule has 1 rings (SSSR count). The predicted octanol–water partition coefficient (Wildman–Crippen LogP) is 1.16. The zero-order valence-corrected chi connectivity index (χ0v) is 8.22. The summed E-state index contributed by atoms with van der Waals surface area (Å²) >= 11 is 0. The number of hydrogen-bond donors (Lipinski definition) is 0. The summed E-state index contributed by atoms with van der Waals surface area (Å²) in [4.78, 5) is 3.30. The van der Waals surface area contributed by atoms with Gasteiger partial charge in [-0.05, 0) is 7.05 Å². The van der Waals surface area contributed by atoms with Crippen molar-refractivity contribution in [3.8, 4) is 0 Å². The van der Waals surface area contributed by atoms with Crippen LogP contribution >= 0.6 is 0 Å². The second-order valence-corrected chi connectivity index (χ2v) is 1.64. The number of nitrogens with zero attached hydrogens (tertiary/aromatic N) is 2. The average Bonchev–Trinajstić information content (AvgIpc) is 2.13. The molecule has 1 radical (unpaired) electrons. The third-order valence-electron chi connectivity index (χ3n) is 0.987. The summed E-state index contributed by atoms with van der Waals surface area (Å²) in [6.45, 7) is 0. The first-order chi connectivity index (χ1) is 4.22. The molecular formula is C5H5F2N2Y-. The van der Waals surface area contributed by atoms with Crippen molar-refractivity contribution in [2.24, 2.45) is 7.05 Å². The molecule has 2 nitrogen and oxygen atoms in total. The number of alkyl halides is 2. The Morgan fingerprint density at radius 3 is 2.50 bits per heavy atom. The van der Waals surface area contributed by atoms with E-state index in [4.69, 9.17) is 0 Å². The van der Waals surface area contributed by atoms with Crippen molar-refractivity contribution in [3.05, 3.63) is 18.2 Å². The minimum absolute atomic E-state index is 0. The predicted molar refractivity (Wildman–Crippen MR) is 27.0 cm³/mol. The van der Waals surface area contributed by atoms with E-state index in [-0.39, 0.29) is 38.5 Å². The molecule has 0 N–H and O–H groups in total. The first-order valence-electron chi connectivity index (χ1n) is 2.39. The van der Waals surface area contributed by atoms with Crippen LogP contribution in [0, 0.1) is 6.20 Å². The van der Waals surface area contributed by atoms with Gasteiger partial charge in [0, 0.05) is 38.5 Å². The molecule has 1 aromatic heterocycles. The zero-order chi connectivity index (χ0) is 6.85. The maximum absolute atomic E-state index is 11.8. The average molecular weight is 220 g/mol. The van der Waals surface area contributed by atoms with Gasteiger partial charge >= 0.3 is 0 Å². The van der Waals surface area contributed by atoms with E-state index >= 15 is 0 Å². The molecule has 0 spiro atoms. The first kappa shape index (κ1) is 10.2. The van der Waals surface area contributed by atoms with Crippen LogP contribution in [-0.4, -0.2) is 9.55 Å². The summed E-state index contributed by atoms with van der Waals surface area (Å²) in [5.41, 5.74) is 0. The van der Waals surface area contributed by atoms with E-state index in [1.54, 1.807) is 0 Å². The summed E-state index contributed by atoms with van der Waals surface area (Å²) in [7, 11) is 1.50. The first-order valence-corrected chi connectivity index (χ1v) is 2.39. The number of aryl methyl sites for hydroxylation is 1. The Balaban J connectivity index is 0.000000810. The van der Waals surface area contributed by atoms with Gasteiger partial charge in [-0.25, -0.2) is 8.78 Å².